The molecule has 2 unspecified atom stereocenters. The standard InChI is InChI=1S/C11H14FNO/c1-7-6-13-11(7)9-5-8(12)3-4-10(9)14-2/h3-5,7,11,13H,6H2,1-2H3. The van der Waals surface area contributed by atoms with Gasteiger partial charge in [0.05, 0.1) is 7.11 Å². The largest absolute Gasteiger partial charge is 0.496 e. The van der Waals surface area contributed by atoms with E-state index >= 15 is 0 Å². The Bertz CT molecular complexity index is 340. The van der Waals surface area contributed by atoms with Crippen LogP contribution in [0.5, 0.6) is 5.75 Å². The van der Waals surface area contributed by atoms with E-state index in [1.807, 2.05) is 0 Å². The number of hydrogen-bond acceptors (Lipinski definition) is 2. The lowest BCUT2D eigenvalue weighted by molar-refractivity contribution is 0.250. The molecule has 1 aromatic carbocycles. The summed E-state index contributed by atoms with van der Waals surface area (Å²) in [5.41, 5.74) is 0.922. The first kappa shape index (κ1) is 9.46. The van der Waals surface area contributed by atoms with Crippen molar-refractivity contribution in [2.45, 2.75) is 13.0 Å². The lowest BCUT2D eigenvalue weighted by Crippen LogP contribution is -2.44. The molecule has 2 atom stereocenters. The number of hydrogen-bond donors (Lipinski definition) is 1. The Morgan fingerprint density at radius 1 is 1.50 bits per heavy atom. The normalized spacial score (nSPS) is 25.6. The van der Waals surface area contributed by atoms with Crippen molar-refractivity contribution in [1.29, 1.82) is 0 Å². The maximum absolute atomic E-state index is 13.0. The fourth-order valence-electron chi connectivity index (χ4n) is 1.84. The van der Waals surface area contributed by atoms with Gasteiger partial charge in [-0.1, -0.05) is 6.92 Å². The molecule has 0 saturated carbocycles. The maximum atomic E-state index is 13.0. The van der Waals surface area contributed by atoms with Crippen LogP contribution in [0.2, 0.25) is 0 Å². The topological polar surface area (TPSA) is 21.3 Å². The molecule has 1 N–H and O–H groups in total. The molecular weight excluding hydrogens is 181 g/mol. The van der Waals surface area contributed by atoms with Crippen LogP contribution in [0.4, 0.5) is 4.39 Å². The first-order chi connectivity index (χ1) is 6.72. The van der Waals surface area contributed by atoms with Crippen LogP contribution >= 0.6 is 0 Å². The molecule has 2 nitrogen and oxygen atoms in total. The summed E-state index contributed by atoms with van der Waals surface area (Å²) >= 11 is 0. The lowest BCUT2D eigenvalue weighted by Gasteiger charge is -2.36. The minimum atomic E-state index is -0.207. The second-order valence-corrected chi connectivity index (χ2v) is 3.75. The first-order valence-corrected chi connectivity index (χ1v) is 4.79. The lowest BCUT2D eigenvalue weighted by atomic mass is 9.87. The molecule has 0 spiro atoms. The molecule has 14 heavy (non-hydrogen) atoms. The van der Waals surface area contributed by atoms with Gasteiger partial charge in [-0.2, -0.15) is 0 Å². The Morgan fingerprint density at radius 2 is 2.29 bits per heavy atom. The average Bonchev–Trinajstić information content (AvgIpc) is 2.16. The highest BCUT2D eigenvalue weighted by molar-refractivity contribution is 5.38. The van der Waals surface area contributed by atoms with E-state index in [9.17, 15) is 4.39 Å². The maximum Gasteiger partial charge on any atom is 0.123 e. The van der Waals surface area contributed by atoms with Crippen molar-refractivity contribution in [2.24, 2.45) is 5.92 Å². The molecule has 0 aromatic heterocycles. The highest BCUT2D eigenvalue weighted by atomic mass is 19.1. The number of benzene rings is 1. The van der Waals surface area contributed by atoms with Crippen molar-refractivity contribution in [1.82, 2.24) is 5.32 Å². The monoisotopic (exact) mass is 195 g/mol. The molecule has 0 aliphatic carbocycles. The minimum Gasteiger partial charge on any atom is -0.496 e. The van der Waals surface area contributed by atoms with Crippen LogP contribution in [-0.2, 0) is 0 Å². The number of methoxy groups -OCH3 is 1. The first-order valence-electron chi connectivity index (χ1n) is 4.79. The highest BCUT2D eigenvalue weighted by Crippen LogP contribution is 2.34. The Labute approximate surface area is 83.1 Å². The summed E-state index contributed by atoms with van der Waals surface area (Å²) in [5, 5.41) is 3.27. The second kappa shape index (κ2) is 3.58. The summed E-state index contributed by atoms with van der Waals surface area (Å²) in [6.07, 6.45) is 0. The Morgan fingerprint density at radius 3 is 2.79 bits per heavy atom. The van der Waals surface area contributed by atoms with Crippen molar-refractivity contribution in [2.75, 3.05) is 13.7 Å². The molecule has 0 bridgehead atoms. The zero-order chi connectivity index (χ0) is 10.1. The van der Waals surface area contributed by atoms with E-state index in [0.717, 1.165) is 17.9 Å². The predicted octanol–water partition coefficient (Wildman–Crippen LogP) is 2.11. The van der Waals surface area contributed by atoms with Gasteiger partial charge in [-0.05, 0) is 24.1 Å². The molecule has 1 fully saturated rings. The number of rotatable bonds is 2. The van der Waals surface area contributed by atoms with Gasteiger partial charge in [-0.15, -0.1) is 0 Å². The molecule has 1 aliphatic rings. The van der Waals surface area contributed by atoms with Gasteiger partial charge in [0.1, 0.15) is 11.6 Å². The molecule has 3 heteroatoms. The smallest absolute Gasteiger partial charge is 0.123 e. The Kier molecular flexibility index (Phi) is 2.42. The fraction of sp³-hybridized carbons (Fsp3) is 0.455. The van der Waals surface area contributed by atoms with E-state index in [2.05, 4.69) is 12.2 Å². The van der Waals surface area contributed by atoms with Crippen LogP contribution < -0.4 is 10.1 Å². The molecular formula is C11H14FNO. The molecule has 0 radical (unpaired) electrons. The zero-order valence-corrected chi connectivity index (χ0v) is 8.38. The van der Waals surface area contributed by atoms with E-state index in [0.29, 0.717) is 5.92 Å². The summed E-state index contributed by atoms with van der Waals surface area (Å²) in [4.78, 5) is 0. The van der Waals surface area contributed by atoms with Gasteiger partial charge in [-0.3, -0.25) is 0 Å². The van der Waals surface area contributed by atoms with Gasteiger partial charge in [0.2, 0.25) is 0 Å². The van der Waals surface area contributed by atoms with Gasteiger partial charge in [0.25, 0.3) is 0 Å². The second-order valence-electron chi connectivity index (χ2n) is 3.75. The molecule has 1 aliphatic heterocycles. The third-order valence-electron chi connectivity index (χ3n) is 2.76. The van der Waals surface area contributed by atoms with Crippen molar-refractivity contribution >= 4 is 0 Å². The molecule has 1 heterocycles. The van der Waals surface area contributed by atoms with Gasteiger partial charge in [0, 0.05) is 18.2 Å². The summed E-state index contributed by atoms with van der Waals surface area (Å²) in [6, 6.07) is 4.88. The van der Waals surface area contributed by atoms with E-state index < -0.39 is 0 Å². The summed E-state index contributed by atoms with van der Waals surface area (Å²) in [5.74, 6) is 1.10. The van der Waals surface area contributed by atoms with E-state index in [4.69, 9.17) is 4.74 Å². The molecule has 2 rings (SSSR count). The Balaban J connectivity index is 2.34. The molecule has 1 saturated heterocycles. The molecule has 1 aromatic rings. The SMILES string of the molecule is COc1ccc(F)cc1C1NCC1C. The van der Waals surface area contributed by atoms with Crippen LogP contribution in [0.1, 0.15) is 18.5 Å². The number of nitrogens with one attached hydrogen (secondary N) is 1. The van der Waals surface area contributed by atoms with Gasteiger partial charge in [-0.25, -0.2) is 4.39 Å². The fourth-order valence-corrected chi connectivity index (χ4v) is 1.84. The third kappa shape index (κ3) is 1.48. The van der Waals surface area contributed by atoms with Crippen LogP contribution in [0.3, 0.4) is 0 Å². The van der Waals surface area contributed by atoms with Gasteiger partial charge < -0.3 is 10.1 Å². The highest BCUT2D eigenvalue weighted by Gasteiger charge is 2.29. The summed E-state index contributed by atoms with van der Waals surface area (Å²) in [6.45, 7) is 3.13. The van der Waals surface area contributed by atoms with Gasteiger partial charge in [0.15, 0.2) is 0 Å². The quantitative estimate of drug-likeness (QED) is 0.780. The number of halogens is 1. The average molecular weight is 195 g/mol. The van der Waals surface area contributed by atoms with E-state index in [1.54, 1.807) is 19.2 Å². The predicted molar refractivity (Wildman–Crippen MR) is 52.9 cm³/mol. The zero-order valence-electron chi connectivity index (χ0n) is 8.38. The third-order valence-corrected chi connectivity index (χ3v) is 2.76. The van der Waals surface area contributed by atoms with Crippen LogP contribution in [-0.4, -0.2) is 13.7 Å². The molecule has 0 amide bonds. The molecule has 76 valence electrons. The summed E-state index contributed by atoms with van der Waals surface area (Å²) in [7, 11) is 1.61. The van der Waals surface area contributed by atoms with Crippen LogP contribution in [0.25, 0.3) is 0 Å². The van der Waals surface area contributed by atoms with Crippen LogP contribution in [0.15, 0.2) is 18.2 Å². The Hall–Kier alpha value is -1.09. The number of ether oxygens (including phenoxy) is 1. The van der Waals surface area contributed by atoms with Crippen LogP contribution in [0, 0.1) is 11.7 Å². The van der Waals surface area contributed by atoms with Crippen molar-refractivity contribution in [3.05, 3.63) is 29.6 Å². The van der Waals surface area contributed by atoms with E-state index in [1.165, 1.54) is 6.07 Å². The van der Waals surface area contributed by atoms with Gasteiger partial charge >= 0.3 is 0 Å². The van der Waals surface area contributed by atoms with Crippen molar-refractivity contribution < 1.29 is 9.13 Å². The van der Waals surface area contributed by atoms with E-state index in [-0.39, 0.29) is 11.9 Å². The summed E-state index contributed by atoms with van der Waals surface area (Å²) < 4.78 is 18.2. The van der Waals surface area contributed by atoms with Crippen molar-refractivity contribution in [3.8, 4) is 5.75 Å². The van der Waals surface area contributed by atoms with Crippen molar-refractivity contribution in [3.63, 3.8) is 0 Å². The minimum absolute atomic E-state index is 0.207.